The number of nitrogens with zero attached hydrogens (tertiary/aromatic N) is 2. The maximum absolute atomic E-state index is 6.16. The molecule has 1 atom stereocenters. The van der Waals surface area contributed by atoms with Crippen molar-refractivity contribution in [3.63, 3.8) is 0 Å². The lowest BCUT2D eigenvalue weighted by Gasteiger charge is -2.07. The normalized spacial score (nSPS) is 12.1. The summed E-state index contributed by atoms with van der Waals surface area (Å²) >= 11 is 5.84. The van der Waals surface area contributed by atoms with E-state index in [1.165, 1.54) is 0 Å². The molecule has 3 rings (SSSR count). The Morgan fingerprint density at radius 3 is 2.57 bits per heavy atom. The number of aromatic amines is 1. The van der Waals surface area contributed by atoms with Crippen LogP contribution >= 0.6 is 11.6 Å². The summed E-state index contributed by atoms with van der Waals surface area (Å²) in [5, 5.41) is 7.71. The third kappa shape index (κ3) is 4.31. The van der Waals surface area contributed by atoms with E-state index in [1.54, 1.807) is 24.3 Å². The van der Waals surface area contributed by atoms with E-state index in [0.29, 0.717) is 29.7 Å². The zero-order chi connectivity index (χ0) is 16.1. The average molecular weight is 329 g/mol. The third-order valence-corrected chi connectivity index (χ3v) is 3.62. The van der Waals surface area contributed by atoms with Crippen molar-refractivity contribution in [2.75, 3.05) is 0 Å². The van der Waals surface area contributed by atoms with E-state index in [0.717, 1.165) is 11.3 Å². The first-order chi connectivity index (χ1) is 11.2. The fourth-order valence-electron chi connectivity index (χ4n) is 2.18. The Balaban J connectivity index is 1.58. The maximum Gasteiger partial charge on any atom is 0.167 e. The summed E-state index contributed by atoms with van der Waals surface area (Å²) in [6, 6.07) is 17.0. The van der Waals surface area contributed by atoms with Gasteiger partial charge >= 0.3 is 0 Å². The van der Waals surface area contributed by atoms with Crippen LogP contribution in [-0.4, -0.2) is 15.2 Å². The number of ether oxygens (including phenoxy) is 1. The van der Waals surface area contributed by atoms with Crippen LogP contribution in [0, 0.1) is 0 Å². The molecular formula is C17H17ClN4O. The van der Waals surface area contributed by atoms with Gasteiger partial charge in [0.2, 0.25) is 0 Å². The summed E-state index contributed by atoms with van der Waals surface area (Å²) < 4.78 is 5.63. The van der Waals surface area contributed by atoms with Crippen molar-refractivity contribution in [1.82, 2.24) is 15.2 Å². The summed E-state index contributed by atoms with van der Waals surface area (Å²) in [4.78, 5) is 4.40. The lowest BCUT2D eigenvalue weighted by Crippen LogP contribution is -2.15. The highest BCUT2D eigenvalue weighted by molar-refractivity contribution is 6.30. The molecule has 2 aromatic carbocycles. The Labute approximate surface area is 139 Å². The molecule has 3 N–H and O–H groups in total. The molecule has 0 aliphatic carbocycles. The van der Waals surface area contributed by atoms with Crippen LogP contribution < -0.4 is 10.5 Å². The van der Waals surface area contributed by atoms with Gasteiger partial charge in [-0.15, -0.1) is 0 Å². The molecular weight excluding hydrogens is 312 g/mol. The Kier molecular flexibility index (Phi) is 4.90. The molecule has 118 valence electrons. The number of halogens is 1. The Morgan fingerprint density at radius 2 is 1.83 bits per heavy atom. The first-order valence-electron chi connectivity index (χ1n) is 7.30. The van der Waals surface area contributed by atoms with Gasteiger partial charge in [0.1, 0.15) is 12.4 Å². The second-order valence-corrected chi connectivity index (χ2v) is 5.62. The summed E-state index contributed by atoms with van der Waals surface area (Å²) in [6.45, 7) is 0.298. The maximum atomic E-state index is 6.16. The van der Waals surface area contributed by atoms with Gasteiger partial charge in [0.05, 0.1) is 6.04 Å². The Bertz CT molecular complexity index is 743. The molecule has 5 nitrogen and oxygen atoms in total. The minimum absolute atomic E-state index is 0.252. The number of H-pyrrole nitrogens is 1. The number of nitrogens with two attached hydrogens (primary N) is 1. The van der Waals surface area contributed by atoms with Crippen LogP contribution in [0.5, 0.6) is 5.75 Å². The van der Waals surface area contributed by atoms with Crippen molar-refractivity contribution in [1.29, 1.82) is 0 Å². The van der Waals surface area contributed by atoms with Crippen molar-refractivity contribution in [2.45, 2.75) is 19.1 Å². The summed E-state index contributed by atoms with van der Waals surface area (Å²) in [5.74, 6) is 1.95. The monoisotopic (exact) mass is 328 g/mol. The molecule has 0 bridgehead atoms. The molecule has 23 heavy (non-hydrogen) atoms. The van der Waals surface area contributed by atoms with E-state index < -0.39 is 0 Å². The van der Waals surface area contributed by atoms with Crippen LogP contribution in [0.3, 0.4) is 0 Å². The minimum Gasteiger partial charge on any atom is -0.486 e. The fraction of sp³-hybridized carbons (Fsp3) is 0.176. The van der Waals surface area contributed by atoms with E-state index in [-0.39, 0.29) is 6.04 Å². The van der Waals surface area contributed by atoms with Crippen LogP contribution in [0.1, 0.15) is 23.3 Å². The fourth-order valence-corrected chi connectivity index (χ4v) is 2.31. The molecule has 0 aliphatic rings. The molecule has 0 saturated carbocycles. The van der Waals surface area contributed by atoms with Gasteiger partial charge in [-0.3, -0.25) is 5.10 Å². The van der Waals surface area contributed by atoms with Crippen LogP contribution in [0.4, 0.5) is 0 Å². The largest absolute Gasteiger partial charge is 0.486 e. The third-order valence-electron chi connectivity index (χ3n) is 3.37. The first kappa shape index (κ1) is 15.5. The lowest BCUT2D eigenvalue weighted by molar-refractivity contribution is 0.296. The second kappa shape index (κ2) is 7.26. The highest BCUT2D eigenvalue weighted by atomic mass is 35.5. The van der Waals surface area contributed by atoms with E-state index in [1.807, 2.05) is 30.3 Å². The topological polar surface area (TPSA) is 76.8 Å². The molecule has 0 spiro atoms. The van der Waals surface area contributed by atoms with E-state index in [4.69, 9.17) is 22.1 Å². The van der Waals surface area contributed by atoms with Gasteiger partial charge in [-0.1, -0.05) is 41.9 Å². The molecule has 0 amide bonds. The van der Waals surface area contributed by atoms with Gasteiger partial charge in [0.25, 0.3) is 0 Å². The van der Waals surface area contributed by atoms with Crippen molar-refractivity contribution in [3.8, 4) is 5.75 Å². The molecule has 1 heterocycles. The summed E-state index contributed by atoms with van der Waals surface area (Å²) in [7, 11) is 0. The Morgan fingerprint density at radius 1 is 1.09 bits per heavy atom. The first-order valence-corrected chi connectivity index (χ1v) is 7.67. The second-order valence-electron chi connectivity index (χ2n) is 5.18. The van der Waals surface area contributed by atoms with Gasteiger partial charge < -0.3 is 10.5 Å². The number of aromatic nitrogens is 3. The van der Waals surface area contributed by atoms with E-state index in [2.05, 4.69) is 15.2 Å². The predicted molar refractivity (Wildman–Crippen MR) is 89.2 cm³/mol. The van der Waals surface area contributed by atoms with Gasteiger partial charge in [0, 0.05) is 5.02 Å². The number of hydrogen-bond acceptors (Lipinski definition) is 4. The smallest absolute Gasteiger partial charge is 0.167 e. The zero-order valence-corrected chi connectivity index (χ0v) is 13.2. The van der Waals surface area contributed by atoms with Crippen molar-refractivity contribution >= 4 is 11.6 Å². The van der Waals surface area contributed by atoms with Crippen LogP contribution in [-0.2, 0) is 13.0 Å². The highest BCUT2D eigenvalue weighted by Gasteiger charge is 2.13. The van der Waals surface area contributed by atoms with Crippen molar-refractivity contribution < 1.29 is 4.74 Å². The molecule has 0 saturated heterocycles. The quantitative estimate of drug-likeness (QED) is 0.728. The zero-order valence-electron chi connectivity index (χ0n) is 12.4. The van der Waals surface area contributed by atoms with Crippen molar-refractivity contribution in [2.24, 2.45) is 5.73 Å². The number of hydrogen-bond donors (Lipinski definition) is 2. The van der Waals surface area contributed by atoms with Crippen molar-refractivity contribution in [3.05, 3.63) is 76.8 Å². The molecule has 3 aromatic rings. The standard InChI is InChI=1S/C17H17ClN4O/c18-13-6-8-14(9-7-13)23-11-16-20-17(22-21-16)15(19)10-12-4-2-1-3-5-12/h1-9,15H,10-11,19H2,(H,20,21,22). The minimum atomic E-state index is -0.252. The number of benzene rings is 2. The van der Waals surface area contributed by atoms with Gasteiger partial charge in [-0.25, -0.2) is 4.98 Å². The molecule has 1 aromatic heterocycles. The number of nitrogens with one attached hydrogen (secondary N) is 1. The van der Waals surface area contributed by atoms with Crippen LogP contribution in [0.2, 0.25) is 5.02 Å². The molecule has 6 heteroatoms. The molecule has 0 aliphatic heterocycles. The van der Waals surface area contributed by atoms with Crippen LogP contribution in [0.15, 0.2) is 54.6 Å². The molecule has 0 fully saturated rings. The van der Waals surface area contributed by atoms with E-state index in [9.17, 15) is 0 Å². The number of rotatable bonds is 6. The van der Waals surface area contributed by atoms with E-state index >= 15 is 0 Å². The Hall–Kier alpha value is -2.37. The molecule has 0 radical (unpaired) electrons. The predicted octanol–water partition coefficient (Wildman–Crippen LogP) is 3.28. The summed E-state index contributed by atoms with van der Waals surface area (Å²) in [6.07, 6.45) is 0.691. The summed E-state index contributed by atoms with van der Waals surface area (Å²) in [5.41, 5.74) is 7.32. The van der Waals surface area contributed by atoms with Gasteiger partial charge in [-0.05, 0) is 36.2 Å². The lowest BCUT2D eigenvalue weighted by atomic mass is 10.1. The SMILES string of the molecule is NC(Cc1ccccc1)c1n[nH]c(COc2ccc(Cl)cc2)n1. The van der Waals surface area contributed by atoms with Gasteiger partial charge in [-0.2, -0.15) is 5.10 Å². The van der Waals surface area contributed by atoms with Crippen LogP contribution in [0.25, 0.3) is 0 Å². The molecule has 1 unspecified atom stereocenters. The van der Waals surface area contributed by atoms with Gasteiger partial charge in [0.15, 0.2) is 11.6 Å². The highest BCUT2D eigenvalue weighted by Crippen LogP contribution is 2.17. The average Bonchev–Trinajstić information content (AvgIpc) is 3.04.